The number of nitrogens with zero attached hydrogens (tertiary/aromatic N) is 3. The number of aryl methyl sites for hydroxylation is 2. The van der Waals surface area contributed by atoms with Crippen LogP contribution < -0.4 is 10.2 Å². The molecule has 3 aromatic rings. The number of benzene rings is 2. The van der Waals surface area contributed by atoms with E-state index in [1.165, 1.54) is 0 Å². The van der Waals surface area contributed by atoms with Crippen molar-refractivity contribution >= 4 is 23.2 Å². The molecular weight excluding hydrogens is 336 g/mol. The maximum absolute atomic E-state index is 12.7. The molecule has 0 spiro atoms. The fourth-order valence-corrected chi connectivity index (χ4v) is 3.01. The third-order valence-electron chi connectivity index (χ3n) is 4.50. The van der Waals surface area contributed by atoms with Crippen molar-refractivity contribution in [2.24, 2.45) is 0 Å². The van der Waals surface area contributed by atoms with Gasteiger partial charge in [-0.15, -0.1) is 0 Å². The third-order valence-corrected chi connectivity index (χ3v) is 4.50. The number of nitrogens with one attached hydrogen (secondary N) is 1. The zero-order valence-corrected chi connectivity index (χ0v) is 15.9. The number of rotatable bonds is 6. The summed E-state index contributed by atoms with van der Waals surface area (Å²) in [5, 5.41) is 3.01. The van der Waals surface area contributed by atoms with Gasteiger partial charge in [0.15, 0.2) is 0 Å². The van der Waals surface area contributed by atoms with Crippen molar-refractivity contribution in [3.05, 3.63) is 77.6 Å². The number of amides is 1. The lowest BCUT2D eigenvalue weighted by atomic mass is 10.1. The largest absolute Gasteiger partial charge is 0.321 e. The van der Waals surface area contributed by atoms with Crippen molar-refractivity contribution in [3.63, 3.8) is 0 Å². The van der Waals surface area contributed by atoms with E-state index in [1.54, 1.807) is 12.4 Å². The predicted octanol–water partition coefficient (Wildman–Crippen LogP) is 4.76. The number of para-hydroxylation sites is 2. The molecule has 0 aliphatic carbocycles. The molecule has 2 aromatic carbocycles. The van der Waals surface area contributed by atoms with Gasteiger partial charge in [-0.05, 0) is 43.5 Å². The molecular formula is C22H24N4O. The number of hydrogen-bond acceptors (Lipinski definition) is 4. The predicted molar refractivity (Wildman–Crippen MR) is 110 cm³/mol. The Bertz CT molecular complexity index is 907. The van der Waals surface area contributed by atoms with Gasteiger partial charge in [0.1, 0.15) is 0 Å². The molecule has 27 heavy (non-hydrogen) atoms. The Hall–Kier alpha value is -3.21. The fraction of sp³-hybridized carbons (Fsp3) is 0.227. The Morgan fingerprint density at radius 1 is 1.00 bits per heavy atom. The van der Waals surface area contributed by atoms with E-state index in [0.29, 0.717) is 11.5 Å². The topological polar surface area (TPSA) is 58.1 Å². The van der Waals surface area contributed by atoms with E-state index in [1.807, 2.05) is 67.3 Å². The molecule has 0 aliphatic rings. The summed E-state index contributed by atoms with van der Waals surface area (Å²) in [5.74, 6) is 0.374. The quantitative estimate of drug-likeness (QED) is 0.689. The van der Waals surface area contributed by atoms with Crippen LogP contribution in [-0.4, -0.2) is 22.4 Å². The molecule has 0 bridgehead atoms. The molecule has 1 N–H and O–H groups in total. The average Bonchev–Trinajstić information content (AvgIpc) is 2.71. The lowest BCUT2D eigenvalue weighted by Gasteiger charge is -2.20. The smallest absolute Gasteiger partial charge is 0.258 e. The van der Waals surface area contributed by atoms with Gasteiger partial charge in [0.05, 0.1) is 5.56 Å². The Kier molecular flexibility index (Phi) is 5.81. The molecule has 0 radical (unpaired) electrons. The minimum atomic E-state index is -0.201. The van der Waals surface area contributed by atoms with Crippen molar-refractivity contribution in [2.75, 3.05) is 16.8 Å². The second kappa shape index (κ2) is 8.45. The van der Waals surface area contributed by atoms with Crippen LogP contribution >= 0.6 is 0 Å². The SMILES string of the molecule is CCc1cccc(C)c1NC(=O)c1cnc(N(CC)c2ccccc2)nc1. The van der Waals surface area contributed by atoms with Gasteiger partial charge in [0, 0.05) is 30.3 Å². The fourth-order valence-electron chi connectivity index (χ4n) is 3.01. The number of anilines is 3. The molecule has 0 fully saturated rings. The summed E-state index contributed by atoms with van der Waals surface area (Å²) in [7, 11) is 0. The molecule has 0 atom stereocenters. The summed E-state index contributed by atoms with van der Waals surface area (Å²) in [6.45, 7) is 6.85. The van der Waals surface area contributed by atoms with Crippen molar-refractivity contribution in [3.8, 4) is 0 Å². The summed E-state index contributed by atoms with van der Waals surface area (Å²) < 4.78 is 0. The summed E-state index contributed by atoms with van der Waals surface area (Å²) in [6, 6.07) is 16.0. The van der Waals surface area contributed by atoms with Gasteiger partial charge >= 0.3 is 0 Å². The van der Waals surface area contributed by atoms with Gasteiger partial charge in [0.25, 0.3) is 5.91 Å². The number of carbonyl (C=O) groups is 1. The highest BCUT2D eigenvalue weighted by atomic mass is 16.1. The maximum Gasteiger partial charge on any atom is 0.258 e. The molecule has 3 rings (SSSR count). The summed E-state index contributed by atoms with van der Waals surface area (Å²) in [4.78, 5) is 23.5. The van der Waals surface area contributed by atoms with Gasteiger partial charge in [-0.2, -0.15) is 0 Å². The van der Waals surface area contributed by atoms with E-state index < -0.39 is 0 Å². The summed E-state index contributed by atoms with van der Waals surface area (Å²) >= 11 is 0. The highest BCUT2D eigenvalue weighted by molar-refractivity contribution is 6.04. The second-order valence-electron chi connectivity index (χ2n) is 6.27. The van der Waals surface area contributed by atoms with Crippen LogP contribution in [0.2, 0.25) is 0 Å². The van der Waals surface area contributed by atoms with Crippen molar-refractivity contribution in [1.82, 2.24) is 9.97 Å². The molecule has 0 aliphatic heterocycles. The van der Waals surface area contributed by atoms with Crippen molar-refractivity contribution < 1.29 is 4.79 Å². The highest BCUT2D eigenvalue weighted by Gasteiger charge is 2.14. The third kappa shape index (κ3) is 4.14. The Morgan fingerprint density at radius 2 is 1.70 bits per heavy atom. The van der Waals surface area contributed by atoms with E-state index in [-0.39, 0.29) is 5.91 Å². The van der Waals surface area contributed by atoms with E-state index in [9.17, 15) is 4.79 Å². The number of hydrogen-bond donors (Lipinski definition) is 1. The maximum atomic E-state index is 12.7. The zero-order chi connectivity index (χ0) is 19.2. The normalized spacial score (nSPS) is 10.5. The molecule has 5 heteroatoms. The van der Waals surface area contributed by atoms with Gasteiger partial charge in [-0.3, -0.25) is 4.79 Å². The van der Waals surface area contributed by atoms with Gasteiger partial charge in [-0.25, -0.2) is 9.97 Å². The van der Waals surface area contributed by atoms with Gasteiger partial charge < -0.3 is 10.2 Å². The standard InChI is InChI=1S/C22H24N4O/c1-4-17-11-9-10-16(3)20(17)25-21(27)18-14-23-22(24-15-18)26(5-2)19-12-7-6-8-13-19/h6-15H,4-5H2,1-3H3,(H,25,27). The Balaban J connectivity index is 1.80. The first-order valence-corrected chi connectivity index (χ1v) is 9.18. The summed E-state index contributed by atoms with van der Waals surface area (Å²) in [5.41, 5.74) is 4.48. The number of aromatic nitrogens is 2. The Labute approximate surface area is 160 Å². The van der Waals surface area contributed by atoms with E-state index >= 15 is 0 Å². The first kappa shape index (κ1) is 18.6. The van der Waals surface area contributed by atoms with Crippen LogP contribution in [0.5, 0.6) is 0 Å². The molecule has 1 aromatic heterocycles. The second-order valence-corrected chi connectivity index (χ2v) is 6.27. The lowest BCUT2D eigenvalue weighted by Crippen LogP contribution is -2.20. The average molecular weight is 360 g/mol. The van der Waals surface area contributed by atoms with E-state index in [2.05, 4.69) is 22.2 Å². The molecule has 1 heterocycles. The van der Waals surface area contributed by atoms with Gasteiger partial charge in [-0.1, -0.05) is 43.3 Å². The molecule has 0 saturated heterocycles. The minimum absolute atomic E-state index is 0.201. The van der Waals surface area contributed by atoms with Crippen LogP contribution in [0.15, 0.2) is 60.9 Å². The van der Waals surface area contributed by atoms with Crippen molar-refractivity contribution in [2.45, 2.75) is 27.2 Å². The first-order valence-electron chi connectivity index (χ1n) is 9.18. The van der Waals surface area contributed by atoms with Crippen LogP contribution in [0.25, 0.3) is 0 Å². The van der Waals surface area contributed by atoms with Crippen LogP contribution in [0.4, 0.5) is 17.3 Å². The molecule has 5 nitrogen and oxygen atoms in total. The van der Waals surface area contributed by atoms with Crippen molar-refractivity contribution in [1.29, 1.82) is 0 Å². The highest BCUT2D eigenvalue weighted by Crippen LogP contribution is 2.23. The molecule has 0 unspecified atom stereocenters. The molecule has 138 valence electrons. The molecule has 0 saturated carbocycles. The van der Waals surface area contributed by atoms with Crippen LogP contribution in [0.3, 0.4) is 0 Å². The Morgan fingerprint density at radius 3 is 2.33 bits per heavy atom. The van der Waals surface area contributed by atoms with Crippen LogP contribution in [0.1, 0.15) is 35.3 Å². The first-order chi connectivity index (χ1) is 13.1. The summed E-state index contributed by atoms with van der Waals surface area (Å²) in [6.07, 6.45) is 4.01. The lowest BCUT2D eigenvalue weighted by molar-refractivity contribution is 0.102. The zero-order valence-electron chi connectivity index (χ0n) is 15.9. The van der Waals surface area contributed by atoms with E-state index in [4.69, 9.17) is 0 Å². The monoisotopic (exact) mass is 360 g/mol. The van der Waals surface area contributed by atoms with Gasteiger partial charge in [0.2, 0.25) is 5.95 Å². The van der Waals surface area contributed by atoms with Crippen LogP contribution in [-0.2, 0) is 6.42 Å². The van der Waals surface area contributed by atoms with E-state index in [0.717, 1.165) is 35.5 Å². The molecule has 1 amide bonds. The van der Waals surface area contributed by atoms with Crippen LogP contribution in [0, 0.1) is 6.92 Å². The number of carbonyl (C=O) groups excluding carboxylic acids is 1. The minimum Gasteiger partial charge on any atom is -0.321 e.